The van der Waals surface area contributed by atoms with Crippen molar-refractivity contribution >= 4 is 35.0 Å². The first-order chi connectivity index (χ1) is 16.4. The highest BCUT2D eigenvalue weighted by Crippen LogP contribution is 2.30. The van der Waals surface area contributed by atoms with Crippen LogP contribution in [0.2, 0.25) is 10.0 Å². The molecule has 176 valence electrons. The highest BCUT2D eigenvalue weighted by molar-refractivity contribution is 6.34. The summed E-state index contributed by atoms with van der Waals surface area (Å²) in [6.07, 6.45) is 1.35. The predicted molar refractivity (Wildman–Crippen MR) is 136 cm³/mol. The first-order valence-corrected chi connectivity index (χ1v) is 12.1. The van der Waals surface area contributed by atoms with Crippen LogP contribution in [0.25, 0.3) is 0 Å². The van der Waals surface area contributed by atoms with Crippen LogP contribution in [0.3, 0.4) is 0 Å². The van der Waals surface area contributed by atoms with Gasteiger partial charge in [-0.1, -0.05) is 83.9 Å². The van der Waals surface area contributed by atoms with Crippen molar-refractivity contribution < 1.29 is 9.59 Å². The average molecular weight is 496 g/mol. The summed E-state index contributed by atoms with van der Waals surface area (Å²) in [5, 5.41) is 3.94. The van der Waals surface area contributed by atoms with Gasteiger partial charge in [-0.05, 0) is 47.7 Å². The van der Waals surface area contributed by atoms with E-state index in [1.807, 2.05) is 60.7 Å². The molecule has 1 heterocycles. The summed E-state index contributed by atoms with van der Waals surface area (Å²) < 4.78 is 0. The van der Waals surface area contributed by atoms with E-state index in [9.17, 15) is 9.59 Å². The quantitative estimate of drug-likeness (QED) is 0.495. The third-order valence-electron chi connectivity index (χ3n) is 6.19. The summed E-state index contributed by atoms with van der Waals surface area (Å²) in [5.74, 6) is -0.737. The van der Waals surface area contributed by atoms with Crippen LogP contribution in [-0.4, -0.2) is 35.3 Å². The van der Waals surface area contributed by atoms with Crippen LogP contribution in [0.1, 0.15) is 35.4 Å². The Morgan fingerprint density at radius 1 is 0.941 bits per heavy atom. The Balaban J connectivity index is 1.50. The lowest BCUT2D eigenvalue weighted by atomic mass is 9.84. The Kier molecular flexibility index (Phi) is 7.88. The lowest BCUT2D eigenvalue weighted by molar-refractivity contribution is -0.139. The fourth-order valence-electron chi connectivity index (χ4n) is 4.58. The summed E-state index contributed by atoms with van der Waals surface area (Å²) in [4.78, 5) is 28.3. The summed E-state index contributed by atoms with van der Waals surface area (Å²) in [5.41, 5.74) is 9.34. The molecule has 1 fully saturated rings. The zero-order valence-corrected chi connectivity index (χ0v) is 20.2. The molecule has 2 amide bonds. The molecule has 1 aliphatic rings. The van der Waals surface area contributed by atoms with Crippen LogP contribution < -0.4 is 11.1 Å². The highest BCUT2D eigenvalue weighted by Gasteiger charge is 2.39. The summed E-state index contributed by atoms with van der Waals surface area (Å²) in [6, 6.07) is 23.3. The predicted octanol–water partition coefficient (Wildman–Crippen LogP) is 4.76. The number of carbonyl (C=O) groups is 2. The minimum atomic E-state index is -0.815. The number of hydrogen-bond donors (Lipinski definition) is 2. The Hall–Kier alpha value is -2.86. The lowest BCUT2D eigenvalue weighted by Crippen LogP contribution is -2.52. The number of nitrogens with one attached hydrogen (secondary N) is 1. The van der Waals surface area contributed by atoms with Crippen LogP contribution >= 0.6 is 23.2 Å². The van der Waals surface area contributed by atoms with E-state index in [1.54, 1.807) is 23.1 Å². The zero-order valence-electron chi connectivity index (χ0n) is 18.7. The molecule has 4 rings (SSSR count). The van der Waals surface area contributed by atoms with E-state index in [-0.39, 0.29) is 24.3 Å². The molecule has 0 spiro atoms. The summed E-state index contributed by atoms with van der Waals surface area (Å²) in [6.45, 7) is 0.782. The Morgan fingerprint density at radius 2 is 1.50 bits per heavy atom. The largest absolute Gasteiger partial charge is 0.350 e. The van der Waals surface area contributed by atoms with Gasteiger partial charge in [-0.25, -0.2) is 0 Å². The van der Waals surface area contributed by atoms with E-state index in [4.69, 9.17) is 28.9 Å². The molecule has 0 aromatic heterocycles. The second-order valence-electron chi connectivity index (χ2n) is 8.51. The smallest absolute Gasteiger partial charge is 0.243 e. The van der Waals surface area contributed by atoms with Gasteiger partial charge in [-0.3, -0.25) is 9.59 Å². The molecule has 0 saturated carbocycles. The third-order valence-corrected chi connectivity index (χ3v) is 6.63. The maximum absolute atomic E-state index is 13.6. The molecule has 1 saturated heterocycles. The van der Waals surface area contributed by atoms with Gasteiger partial charge in [0, 0.05) is 29.1 Å². The normalized spacial score (nSPS) is 16.5. The van der Waals surface area contributed by atoms with E-state index < -0.39 is 12.1 Å². The van der Waals surface area contributed by atoms with Crippen molar-refractivity contribution in [3.05, 3.63) is 106 Å². The fraction of sp³-hybridized carbons (Fsp3) is 0.259. The maximum Gasteiger partial charge on any atom is 0.243 e. The van der Waals surface area contributed by atoms with Crippen molar-refractivity contribution in [2.24, 2.45) is 5.73 Å². The molecule has 3 aromatic rings. The first-order valence-electron chi connectivity index (χ1n) is 11.3. The van der Waals surface area contributed by atoms with Crippen molar-refractivity contribution in [1.29, 1.82) is 0 Å². The van der Waals surface area contributed by atoms with E-state index in [0.29, 0.717) is 23.0 Å². The molecule has 3 N–H and O–H groups in total. The molecule has 0 aliphatic carbocycles. The van der Waals surface area contributed by atoms with E-state index in [1.165, 1.54) is 0 Å². The van der Waals surface area contributed by atoms with Crippen LogP contribution in [0.4, 0.5) is 0 Å². The van der Waals surface area contributed by atoms with E-state index >= 15 is 0 Å². The van der Waals surface area contributed by atoms with Crippen LogP contribution in [-0.2, 0) is 16.1 Å². The number of likely N-dealkylation sites (tertiary alicyclic amines) is 1. The second kappa shape index (κ2) is 11.0. The Bertz CT molecular complexity index is 1080. The lowest BCUT2D eigenvalue weighted by Gasteiger charge is -2.31. The molecule has 34 heavy (non-hydrogen) atoms. The zero-order chi connectivity index (χ0) is 24.1. The molecule has 0 bridgehead atoms. The molecule has 7 heteroatoms. The van der Waals surface area contributed by atoms with Gasteiger partial charge < -0.3 is 16.0 Å². The molecule has 1 unspecified atom stereocenters. The number of amides is 2. The molecule has 0 radical (unpaired) electrons. The Morgan fingerprint density at radius 3 is 2.06 bits per heavy atom. The van der Waals surface area contributed by atoms with Crippen molar-refractivity contribution in [2.45, 2.75) is 37.4 Å². The standard InChI is InChI=1S/C27H27Cl2N3O2/c28-21-14-18(15-22(29)16-21)17-31-26(33)23-12-7-13-32(23)27(34)25(30)24(19-8-3-1-4-9-19)20-10-5-2-6-11-20/h1-6,8-11,14-16,23-25H,7,12-13,17,30H2,(H,31,33)/t23?,25-/m1/s1. The fourth-order valence-corrected chi connectivity index (χ4v) is 5.16. The van der Waals surface area contributed by atoms with Crippen molar-refractivity contribution in [2.75, 3.05) is 6.54 Å². The maximum atomic E-state index is 13.6. The second-order valence-corrected chi connectivity index (χ2v) is 9.38. The SMILES string of the molecule is N[C@@H](C(=O)N1CCCC1C(=O)NCc1cc(Cl)cc(Cl)c1)C(c1ccccc1)c1ccccc1. The van der Waals surface area contributed by atoms with E-state index in [2.05, 4.69) is 5.32 Å². The van der Waals surface area contributed by atoms with Gasteiger partial charge in [0.25, 0.3) is 0 Å². The molecule has 1 aliphatic heterocycles. The van der Waals surface area contributed by atoms with Crippen molar-refractivity contribution in [3.63, 3.8) is 0 Å². The van der Waals surface area contributed by atoms with E-state index in [0.717, 1.165) is 23.1 Å². The van der Waals surface area contributed by atoms with Gasteiger partial charge in [0.15, 0.2) is 0 Å². The highest BCUT2D eigenvalue weighted by atomic mass is 35.5. The number of nitrogens with zero attached hydrogens (tertiary/aromatic N) is 1. The number of rotatable bonds is 7. The molecule has 5 nitrogen and oxygen atoms in total. The molecule has 3 aromatic carbocycles. The van der Waals surface area contributed by atoms with Gasteiger partial charge >= 0.3 is 0 Å². The van der Waals surface area contributed by atoms with Gasteiger partial charge in [0.05, 0.1) is 6.04 Å². The van der Waals surface area contributed by atoms with Crippen LogP contribution in [0.15, 0.2) is 78.9 Å². The van der Waals surface area contributed by atoms with Crippen LogP contribution in [0.5, 0.6) is 0 Å². The number of nitrogens with two attached hydrogens (primary N) is 1. The molecular weight excluding hydrogens is 469 g/mol. The van der Waals surface area contributed by atoms with Gasteiger partial charge in [0.1, 0.15) is 6.04 Å². The number of hydrogen-bond acceptors (Lipinski definition) is 3. The summed E-state index contributed by atoms with van der Waals surface area (Å²) in [7, 11) is 0. The number of carbonyl (C=O) groups excluding carboxylic acids is 2. The van der Waals surface area contributed by atoms with Crippen molar-refractivity contribution in [1.82, 2.24) is 10.2 Å². The first kappa shape index (κ1) is 24.3. The van der Waals surface area contributed by atoms with Gasteiger partial charge in [-0.2, -0.15) is 0 Å². The minimum Gasteiger partial charge on any atom is -0.350 e. The monoisotopic (exact) mass is 495 g/mol. The average Bonchev–Trinajstić information content (AvgIpc) is 3.33. The third kappa shape index (κ3) is 5.61. The Labute approximate surface area is 209 Å². The van der Waals surface area contributed by atoms with Gasteiger partial charge in [-0.15, -0.1) is 0 Å². The number of benzene rings is 3. The topological polar surface area (TPSA) is 75.4 Å². The molecule has 2 atom stereocenters. The van der Waals surface area contributed by atoms with Crippen molar-refractivity contribution in [3.8, 4) is 0 Å². The minimum absolute atomic E-state index is 0.204. The van der Waals surface area contributed by atoms with Crippen LogP contribution in [0, 0.1) is 0 Å². The molecular formula is C27H27Cl2N3O2. The van der Waals surface area contributed by atoms with Gasteiger partial charge in [0.2, 0.25) is 11.8 Å². The number of halogens is 2. The summed E-state index contributed by atoms with van der Waals surface area (Å²) >= 11 is 12.1.